The Morgan fingerprint density at radius 3 is 3.05 bits per heavy atom. The first-order valence-corrected chi connectivity index (χ1v) is 6.98. The lowest BCUT2D eigenvalue weighted by atomic mass is 9.90. The van der Waals surface area contributed by atoms with Crippen LogP contribution in [0, 0.1) is 0 Å². The highest BCUT2D eigenvalue weighted by Crippen LogP contribution is 2.25. The highest BCUT2D eigenvalue weighted by atomic mass is 16.5. The number of nitrogens with zero attached hydrogens (tertiary/aromatic N) is 1. The second-order valence-corrected chi connectivity index (χ2v) is 4.86. The number of fused-ring (bicyclic) bond motifs is 1. The zero-order valence-electron chi connectivity index (χ0n) is 11.7. The zero-order valence-corrected chi connectivity index (χ0v) is 11.7. The molecule has 5 nitrogen and oxygen atoms in total. The number of benzene rings is 1. The maximum atomic E-state index is 11.5. The third kappa shape index (κ3) is 3.50. The lowest BCUT2D eigenvalue weighted by Crippen LogP contribution is -2.29. The van der Waals surface area contributed by atoms with Crippen molar-refractivity contribution in [2.75, 3.05) is 13.2 Å². The number of amides is 1. The van der Waals surface area contributed by atoms with Crippen molar-refractivity contribution < 1.29 is 14.7 Å². The fourth-order valence-electron chi connectivity index (χ4n) is 2.28. The van der Waals surface area contributed by atoms with E-state index in [0.29, 0.717) is 18.0 Å². The molecule has 20 heavy (non-hydrogen) atoms. The Balaban J connectivity index is 2.02. The lowest BCUT2D eigenvalue weighted by molar-refractivity contribution is -0.123. The third-order valence-corrected chi connectivity index (χ3v) is 3.31. The van der Waals surface area contributed by atoms with Crippen molar-refractivity contribution in [2.24, 2.45) is 5.16 Å². The average Bonchev–Trinajstić information content (AvgIpc) is 2.50. The van der Waals surface area contributed by atoms with Gasteiger partial charge in [0.1, 0.15) is 5.75 Å². The molecule has 0 aromatic heterocycles. The first kappa shape index (κ1) is 14.4. The molecule has 0 unspecified atom stereocenters. The first-order valence-electron chi connectivity index (χ1n) is 6.98. The number of ether oxygens (including phenoxy) is 1. The summed E-state index contributed by atoms with van der Waals surface area (Å²) >= 11 is 0. The smallest absolute Gasteiger partial charge is 0.257 e. The zero-order chi connectivity index (χ0) is 14.4. The van der Waals surface area contributed by atoms with E-state index in [2.05, 4.69) is 10.5 Å². The van der Waals surface area contributed by atoms with E-state index in [1.54, 1.807) is 0 Å². The summed E-state index contributed by atoms with van der Waals surface area (Å²) in [7, 11) is 0. The highest BCUT2D eigenvalue weighted by molar-refractivity contribution is 6.02. The molecule has 5 heteroatoms. The largest absolute Gasteiger partial charge is 0.484 e. The molecule has 1 amide bonds. The van der Waals surface area contributed by atoms with Gasteiger partial charge in [-0.05, 0) is 43.4 Å². The van der Waals surface area contributed by atoms with Gasteiger partial charge in [0.15, 0.2) is 6.61 Å². The molecule has 1 aromatic carbocycles. The normalized spacial score (nSPS) is 15.8. The summed E-state index contributed by atoms with van der Waals surface area (Å²) in [6.45, 7) is 2.67. The number of nitrogens with one attached hydrogen (secondary N) is 1. The molecule has 1 aromatic rings. The van der Waals surface area contributed by atoms with E-state index in [9.17, 15) is 4.79 Å². The van der Waals surface area contributed by atoms with Crippen molar-refractivity contribution in [3.05, 3.63) is 29.3 Å². The Hall–Kier alpha value is -2.04. The molecule has 0 heterocycles. The van der Waals surface area contributed by atoms with E-state index >= 15 is 0 Å². The molecule has 0 fully saturated rings. The maximum Gasteiger partial charge on any atom is 0.257 e. The molecule has 1 aliphatic rings. The minimum absolute atomic E-state index is 0.00435. The number of oxime groups is 1. The van der Waals surface area contributed by atoms with Crippen molar-refractivity contribution >= 4 is 11.6 Å². The van der Waals surface area contributed by atoms with Gasteiger partial charge in [-0.3, -0.25) is 4.79 Å². The molecule has 0 saturated carbocycles. The van der Waals surface area contributed by atoms with E-state index in [-0.39, 0.29) is 12.5 Å². The van der Waals surface area contributed by atoms with Crippen molar-refractivity contribution in [1.82, 2.24) is 5.32 Å². The number of hydrogen-bond acceptors (Lipinski definition) is 4. The predicted octanol–water partition coefficient (Wildman–Crippen LogP) is 2.11. The molecule has 1 aliphatic carbocycles. The number of rotatable bonds is 5. The van der Waals surface area contributed by atoms with Gasteiger partial charge in [-0.25, -0.2) is 0 Å². The molecule has 0 spiro atoms. The minimum Gasteiger partial charge on any atom is -0.484 e. The summed E-state index contributed by atoms with van der Waals surface area (Å²) in [5, 5.41) is 15.1. The topological polar surface area (TPSA) is 70.9 Å². The van der Waals surface area contributed by atoms with Crippen molar-refractivity contribution in [3.8, 4) is 5.75 Å². The van der Waals surface area contributed by atoms with Gasteiger partial charge in [-0.1, -0.05) is 18.1 Å². The van der Waals surface area contributed by atoms with Crippen molar-refractivity contribution in [2.45, 2.75) is 32.6 Å². The third-order valence-electron chi connectivity index (χ3n) is 3.31. The fraction of sp³-hybridized carbons (Fsp3) is 0.467. The minimum atomic E-state index is -0.124. The van der Waals surface area contributed by atoms with Crippen LogP contribution in [0.1, 0.15) is 37.3 Å². The molecule has 0 bridgehead atoms. The maximum absolute atomic E-state index is 11.5. The first-order chi connectivity index (χ1) is 9.74. The Morgan fingerprint density at radius 2 is 2.30 bits per heavy atom. The predicted molar refractivity (Wildman–Crippen MR) is 76.5 cm³/mol. The molecule has 0 aliphatic heterocycles. The van der Waals surface area contributed by atoms with Crippen LogP contribution in [0.4, 0.5) is 0 Å². The number of carbonyl (C=O) groups is 1. The Bertz CT molecular complexity index is 512. The van der Waals surface area contributed by atoms with Gasteiger partial charge >= 0.3 is 0 Å². The summed E-state index contributed by atoms with van der Waals surface area (Å²) in [6.07, 6.45) is 3.64. The number of aryl methyl sites for hydroxylation is 1. The Labute approximate surface area is 118 Å². The fourth-order valence-corrected chi connectivity index (χ4v) is 2.28. The molecule has 2 rings (SSSR count). The van der Waals surface area contributed by atoms with Crippen LogP contribution in [0.2, 0.25) is 0 Å². The standard InChI is InChI=1S/C15H20N2O3/c1-2-8-16-15(18)10-20-12-7-6-11-4-3-5-14(17-19)13(11)9-12/h6-7,9,19H,2-5,8,10H2,1H3,(H,16,18)/b17-14-. The molecule has 0 radical (unpaired) electrons. The molecule has 2 N–H and O–H groups in total. The van der Waals surface area contributed by atoms with E-state index in [1.807, 2.05) is 25.1 Å². The molecule has 0 saturated heterocycles. The molecular formula is C15H20N2O3. The quantitative estimate of drug-likeness (QED) is 0.639. The van der Waals surface area contributed by atoms with Crippen LogP contribution in [-0.4, -0.2) is 30.0 Å². The van der Waals surface area contributed by atoms with Crippen LogP contribution in [-0.2, 0) is 11.2 Å². The van der Waals surface area contributed by atoms with Crippen LogP contribution < -0.4 is 10.1 Å². The Kier molecular flexibility index (Phi) is 4.98. The van der Waals surface area contributed by atoms with E-state index in [1.165, 1.54) is 0 Å². The molecule has 108 valence electrons. The van der Waals surface area contributed by atoms with Gasteiger partial charge in [-0.15, -0.1) is 0 Å². The summed E-state index contributed by atoms with van der Waals surface area (Å²) in [4.78, 5) is 11.5. The van der Waals surface area contributed by atoms with Gasteiger partial charge in [0, 0.05) is 12.1 Å². The average molecular weight is 276 g/mol. The SMILES string of the molecule is CCCNC(=O)COc1ccc2c(c1)/C(=N\O)CCC2. The van der Waals surface area contributed by atoms with E-state index in [4.69, 9.17) is 9.94 Å². The summed E-state index contributed by atoms with van der Waals surface area (Å²) in [5.41, 5.74) is 2.77. The van der Waals surface area contributed by atoms with Gasteiger partial charge in [0.25, 0.3) is 5.91 Å². The van der Waals surface area contributed by atoms with Crippen LogP contribution in [0.3, 0.4) is 0 Å². The van der Waals surface area contributed by atoms with Crippen LogP contribution in [0.15, 0.2) is 23.4 Å². The second kappa shape index (κ2) is 6.93. The second-order valence-electron chi connectivity index (χ2n) is 4.86. The van der Waals surface area contributed by atoms with Crippen molar-refractivity contribution in [1.29, 1.82) is 0 Å². The monoisotopic (exact) mass is 276 g/mol. The van der Waals surface area contributed by atoms with E-state index < -0.39 is 0 Å². The van der Waals surface area contributed by atoms with Gasteiger partial charge in [0.05, 0.1) is 5.71 Å². The highest BCUT2D eigenvalue weighted by Gasteiger charge is 2.17. The van der Waals surface area contributed by atoms with Crippen LogP contribution >= 0.6 is 0 Å². The Morgan fingerprint density at radius 1 is 1.45 bits per heavy atom. The molecular weight excluding hydrogens is 256 g/mol. The van der Waals surface area contributed by atoms with Gasteiger partial charge < -0.3 is 15.3 Å². The summed E-state index contributed by atoms with van der Waals surface area (Å²) in [5.74, 6) is 0.499. The summed E-state index contributed by atoms with van der Waals surface area (Å²) < 4.78 is 5.48. The lowest BCUT2D eigenvalue weighted by Gasteiger charge is -2.17. The van der Waals surface area contributed by atoms with E-state index in [0.717, 1.165) is 36.8 Å². The van der Waals surface area contributed by atoms with Crippen LogP contribution in [0.5, 0.6) is 5.75 Å². The number of carbonyl (C=O) groups excluding carboxylic acids is 1. The molecule has 0 atom stereocenters. The summed E-state index contributed by atoms with van der Waals surface area (Å²) in [6, 6.07) is 5.67. The number of hydrogen-bond donors (Lipinski definition) is 2. The van der Waals surface area contributed by atoms with Crippen molar-refractivity contribution in [3.63, 3.8) is 0 Å². The van der Waals surface area contributed by atoms with Crippen LogP contribution in [0.25, 0.3) is 0 Å². The van der Waals surface area contributed by atoms with Gasteiger partial charge in [-0.2, -0.15) is 0 Å². The van der Waals surface area contributed by atoms with Gasteiger partial charge in [0.2, 0.25) is 0 Å².